The van der Waals surface area contributed by atoms with Crippen molar-refractivity contribution in [3.8, 4) is 0 Å². The molecule has 1 N–H and O–H groups in total. The first-order chi connectivity index (χ1) is 7.95. The van der Waals surface area contributed by atoms with E-state index >= 15 is 0 Å². The van der Waals surface area contributed by atoms with E-state index in [4.69, 9.17) is 0 Å². The Morgan fingerprint density at radius 3 is 2.65 bits per heavy atom. The topological polar surface area (TPSA) is 38.3 Å². The summed E-state index contributed by atoms with van der Waals surface area (Å²) in [5.41, 5.74) is -0.321. The van der Waals surface area contributed by atoms with E-state index < -0.39 is 29.3 Å². The molecule has 0 radical (unpaired) electrons. The van der Waals surface area contributed by atoms with Crippen LogP contribution in [0.2, 0.25) is 0 Å². The molecule has 0 bridgehead atoms. The smallest absolute Gasteiger partial charge is 0.310 e. The van der Waals surface area contributed by atoms with Gasteiger partial charge in [-0.05, 0) is 0 Å². The standard InChI is InChI=1S/C11H12F3NO2/c1-6(11(16)17-2)5-15-9-4-7(12)3-8(13)10(9)14/h3-4,6,15H,5H2,1-2H3. The Bertz CT molecular complexity index is 423. The number of methoxy groups -OCH3 is 1. The van der Waals surface area contributed by atoms with Crippen LogP contribution in [0.4, 0.5) is 18.9 Å². The summed E-state index contributed by atoms with van der Waals surface area (Å²) in [5.74, 6) is -4.39. The van der Waals surface area contributed by atoms with Gasteiger partial charge in [-0.1, -0.05) is 6.92 Å². The highest BCUT2D eigenvalue weighted by Crippen LogP contribution is 2.19. The predicted molar refractivity (Wildman–Crippen MR) is 56.0 cm³/mol. The molecule has 0 saturated carbocycles. The number of hydrogen-bond donors (Lipinski definition) is 1. The SMILES string of the molecule is COC(=O)C(C)CNc1cc(F)cc(F)c1F. The van der Waals surface area contributed by atoms with Gasteiger partial charge in [0.1, 0.15) is 5.82 Å². The molecule has 1 aromatic rings. The molecule has 1 aromatic carbocycles. The first-order valence-corrected chi connectivity index (χ1v) is 4.92. The summed E-state index contributed by atoms with van der Waals surface area (Å²) in [5, 5.41) is 2.45. The van der Waals surface area contributed by atoms with E-state index in [0.29, 0.717) is 6.07 Å². The molecule has 0 saturated heterocycles. The summed E-state index contributed by atoms with van der Waals surface area (Å²) in [6, 6.07) is 1.27. The molecule has 94 valence electrons. The predicted octanol–water partition coefficient (Wildman–Crippen LogP) is 2.32. The minimum Gasteiger partial charge on any atom is -0.469 e. The van der Waals surface area contributed by atoms with Crippen molar-refractivity contribution in [3.63, 3.8) is 0 Å². The summed E-state index contributed by atoms with van der Waals surface area (Å²) < 4.78 is 43.3. The molecule has 0 aliphatic carbocycles. The molecule has 0 fully saturated rings. The van der Waals surface area contributed by atoms with Crippen molar-refractivity contribution in [2.24, 2.45) is 5.92 Å². The lowest BCUT2D eigenvalue weighted by atomic mass is 10.2. The van der Waals surface area contributed by atoms with Gasteiger partial charge >= 0.3 is 5.97 Å². The van der Waals surface area contributed by atoms with Gasteiger partial charge in [-0.25, -0.2) is 13.2 Å². The number of halogens is 3. The number of carbonyl (C=O) groups excluding carboxylic acids is 1. The Morgan fingerprint density at radius 1 is 1.41 bits per heavy atom. The molecule has 0 spiro atoms. The molecule has 17 heavy (non-hydrogen) atoms. The van der Waals surface area contributed by atoms with E-state index in [1.807, 2.05) is 0 Å². The Hall–Kier alpha value is -1.72. The van der Waals surface area contributed by atoms with Gasteiger partial charge in [0, 0.05) is 18.7 Å². The van der Waals surface area contributed by atoms with Gasteiger partial charge in [-0.2, -0.15) is 0 Å². The molecular formula is C11H12F3NO2. The number of benzene rings is 1. The number of ether oxygens (including phenoxy) is 1. The number of esters is 1. The Morgan fingerprint density at radius 2 is 2.06 bits per heavy atom. The van der Waals surface area contributed by atoms with E-state index in [9.17, 15) is 18.0 Å². The van der Waals surface area contributed by atoms with Gasteiger partial charge in [0.25, 0.3) is 0 Å². The largest absolute Gasteiger partial charge is 0.469 e. The Kier molecular flexibility index (Phi) is 4.37. The van der Waals surface area contributed by atoms with Crippen LogP contribution in [0.3, 0.4) is 0 Å². The summed E-state index contributed by atoms with van der Waals surface area (Å²) in [7, 11) is 1.22. The third-order valence-corrected chi connectivity index (χ3v) is 2.20. The molecule has 0 aliphatic rings. The molecule has 1 unspecified atom stereocenters. The van der Waals surface area contributed by atoms with Gasteiger partial charge in [-0.3, -0.25) is 4.79 Å². The number of nitrogens with one attached hydrogen (secondary N) is 1. The third kappa shape index (κ3) is 3.37. The van der Waals surface area contributed by atoms with Crippen LogP contribution in [-0.4, -0.2) is 19.6 Å². The highest BCUT2D eigenvalue weighted by molar-refractivity contribution is 5.72. The fourth-order valence-corrected chi connectivity index (χ4v) is 1.23. The van der Waals surface area contributed by atoms with Gasteiger partial charge in [0.15, 0.2) is 11.6 Å². The van der Waals surface area contributed by atoms with E-state index in [1.165, 1.54) is 7.11 Å². The van der Waals surface area contributed by atoms with Crippen molar-refractivity contribution < 1.29 is 22.7 Å². The lowest BCUT2D eigenvalue weighted by Crippen LogP contribution is -2.22. The molecule has 3 nitrogen and oxygen atoms in total. The van der Waals surface area contributed by atoms with Crippen molar-refractivity contribution in [2.75, 3.05) is 19.0 Å². The van der Waals surface area contributed by atoms with Crippen molar-refractivity contribution >= 4 is 11.7 Å². The lowest BCUT2D eigenvalue weighted by Gasteiger charge is -2.12. The van der Waals surface area contributed by atoms with Gasteiger partial charge in [-0.15, -0.1) is 0 Å². The van der Waals surface area contributed by atoms with Crippen LogP contribution in [0.1, 0.15) is 6.92 Å². The van der Waals surface area contributed by atoms with E-state index in [2.05, 4.69) is 10.1 Å². The summed E-state index contributed by atoms with van der Waals surface area (Å²) >= 11 is 0. The summed E-state index contributed by atoms with van der Waals surface area (Å²) in [6.45, 7) is 1.57. The zero-order valence-corrected chi connectivity index (χ0v) is 9.39. The molecule has 0 aromatic heterocycles. The lowest BCUT2D eigenvalue weighted by molar-refractivity contribution is -0.144. The van der Waals surface area contributed by atoms with Crippen molar-refractivity contribution in [1.29, 1.82) is 0 Å². The Balaban J connectivity index is 2.73. The van der Waals surface area contributed by atoms with Crippen LogP contribution in [0.5, 0.6) is 0 Å². The highest BCUT2D eigenvalue weighted by Gasteiger charge is 2.15. The maximum atomic E-state index is 13.2. The number of anilines is 1. The van der Waals surface area contributed by atoms with E-state index in [1.54, 1.807) is 6.92 Å². The summed E-state index contributed by atoms with van der Waals surface area (Å²) in [4.78, 5) is 11.0. The monoisotopic (exact) mass is 247 g/mol. The van der Waals surface area contributed by atoms with Crippen LogP contribution < -0.4 is 5.32 Å². The van der Waals surface area contributed by atoms with Crippen molar-refractivity contribution in [3.05, 3.63) is 29.6 Å². The van der Waals surface area contributed by atoms with Crippen LogP contribution in [0, 0.1) is 23.4 Å². The second-order valence-electron chi connectivity index (χ2n) is 3.55. The average Bonchev–Trinajstić information content (AvgIpc) is 2.30. The zero-order valence-electron chi connectivity index (χ0n) is 9.39. The van der Waals surface area contributed by atoms with E-state index in [0.717, 1.165) is 6.07 Å². The van der Waals surface area contributed by atoms with Crippen LogP contribution >= 0.6 is 0 Å². The van der Waals surface area contributed by atoms with Crippen LogP contribution in [0.15, 0.2) is 12.1 Å². The highest BCUT2D eigenvalue weighted by atomic mass is 19.2. The third-order valence-electron chi connectivity index (χ3n) is 2.20. The molecule has 1 atom stereocenters. The minimum absolute atomic E-state index is 0.0203. The first kappa shape index (κ1) is 13.3. The van der Waals surface area contributed by atoms with Gasteiger partial charge in [0.05, 0.1) is 18.7 Å². The maximum Gasteiger partial charge on any atom is 0.310 e. The fourth-order valence-electron chi connectivity index (χ4n) is 1.23. The molecular weight excluding hydrogens is 235 g/mol. The minimum atomic E-state index is -1.28. The molecule has 0 amide bonds. The van der Waals surface area contributed by atoms with Crippen molar-refractivity contribution in [1.82, 2.24) is 0 Å². The number of rotatable bonds is 4. The zero-order chi connectivity index (χ0) is 13.0. The molecule has 0 heterocycles. The van der Waals surface area contributed by atoms with E-state index in [-0.39, 0.29) is 12.2 Å². The normalized spacial score (nSPS) is 12.1. The second-order valence-corrected chi connectivity index (χ2v) is 3.55. The fraction of sp³-hybridized carbons (Fsp3) is 0.364. The van der Waals surface area contributed by atoms with Crippen LogP contribution in [-0.2, 0) is 9.53 Å². The summed E-state index contributed by atoms with van der Waals surface area (Å²) in [6.07, 6.45) is 0. The number of carbonyl (C=O) groups is 1. The molecule has 6 heteroatoms. The van der Waals surface area contributed by atoms with Gasteiger partial charge < -0.3 is 10.1 Å². The Labute approximate surface area is 96.6 Å². The quantitative estimate of drug-likeness (QED) is 0.655. The maximum absolute atomic E-state index is 13.2. The first-order valence-electron chi connectivity index (χ1n) is 4.92. The van der Waals surface area contributed by atoms with Crippen LogP contribution in [0.25, 0.3) is 0 Å². The molecule has 0 aliphatic heterocycles. The van der Waals surface area contributed by atoms with Gasteiger partial charge in [0.2, 0.25) is 0 Å². The number of hydrogen-bond acceptors (Lipinski definition) is 3. The second kappa shape index (κ2) is 5.56. The molecule has 1 rings (SSSR count). The average molecular weight is 247 g/mol. The van der Waals surface area contributed by atoms with Crippen molar-refractivity contribution in [2.45, 2.75) is 6.92 Å².